The Hall–Kier alpha value is -1.77. The third-order valence-corrected chi connectivity index (χ3v) is 3.35. The highest BCUT2D eigenvalue weighted by Crippen LogP contribution is 2.24. The Bertz CT molecular complexity index is 565. The number of likely N-dealkylation sites (tertiary alicyclic amines) is 1. The molecule has 1 aromatic carbocycles. The predicted octanol–water partition coefficient (Wildman–Crippen LogP) is 2.98. The molecular weight excluding hydrogens is 214 g/mol. The van der Waals surface area contributed by atoms with Crippen LogP contribution in [0.25, 0.3) is 11.0 Å². The first kappa shape index (κ1) is 10.4. The molecule has 2 aromatic rings. The van der Waals surface area contributed by atoms with Crippen LogP contribution in [0.3, 0.4) is 0 Å². The molecule has 3 nitrogen and oxygen atoms in total. The average Bonchev–Trinajstić information content (AvgIpc) is 2.98. The van der Waals surface area contributed by atoms with E-state index in [1.54, 1.807) is 0 Å². The van der Waals surface area contributed by atoms with Crippen LogP contribution in [0.2, 0.25) is 0 Å². The summed E-state index contributed by atoms with van der Waals surface area (Å²) in [5.41, 5.74) is 1.90. The molecule has 0 radical (unpaired) electrons. The summed E-state index contributed by atoms with van der Waals surface area (Å²) in [5.74, 6) is 0.495. The van der Waals surface area contributed by atoms with Crippen LogP contribution in [0.4, 0.5) is 0 Å². The number of benzene rings is 1. The number of amides is 1. The maximum absolute atomic E-state index is 12.2. The van der Waals surface area contributed by atoms with Gasteiger partial charge in [-0.1, -0.05) is 18.2 Å². The number of rotatable bonds is 1. The van der Waals surface area contributed by atoms with Crippen LogP contribution in [-0.2, 0) is 0 Å². The molecule has 0 atom stereocenters. The summed E-state index contributed by atoms with van der Waals surface area (Å²) in [6.07, 6.45) is 2.20. The van der Waals surface area contributed by atoms with Gasteiger partial charge in [-0.3, -0.25) is 4.79 Å². The van der Waals surface area contributed by atoms with E-state index < -0.39 is 0 Å². The third-order valence-electron chi connectivity index (χ3n) is 3.35. The van der Waals surface area contributed by atoms with Crippen molar-refractivity contribution in [1.82, 2.24) is 4.90 Å². The highest BCUT2D eigenvalue weighted by Gasteiger charge is 2.22. The van der Waals surface area contributed by atoms with Gasteiger partial charge < -0.3 is 9.32 Å². The fourth-order valence-electron chi connectivity index (χ4n) is 2.39. The summed E-state index contributed by atoms with van der Waals surface area (Å²) in [5, 5.41) is 1.01. The van der Waals surface area contributed by atoms with Gasteiger partial charge in [0.15, 0.2) is 5.76 Å². The van der Waals surface area contributed by atoms with Crippen LogP contribution in [0.5, 0.6) is 0 Å². The molecule has 0 aliphatic carbocycles. The minimum Gasteiger partial charge on any atom is -0.451 e. The molecule has 3 rings (SSSR count). The lowest BCUT2D eigenvalue weighted by Gasteiger charge is -2.12. The molecule has 1 fully saturated rings. The van der Waals surface area contributed by atoms with Gasteiger partial charge in [0.2, 0.25) is 0 Å². The highest BCUT2D eigenvalue weighted by molar-refractivity contribution is 5.96. The Morgan fingerprint density at radius 1 is 1.29 bits per heavy atom. The lowest BCUT2D eigenvalue weighted by Crippen LogP contribution is -2.27. The summed E-state index contributed by atoms with van der Waals surface area (Å²) < 4.78 is 5.68. The molecule has 0 N–H and O–H groups in total. The summed E-state index contributed by atoms with van der Waals surface area (Å²) in [6, 6.07) is 7.81. The van der Waals surface area contributed by atoms with Crippen molar-refractivity contribution >= 4 is 16.9 Å². The van der Waals surface area contributed by atoms with Gasteiger partial charge in [-0.05, 0) is 31.4 Å². The van der Waals surface area contributed by atoms with Gasteiger partial charge in [-0.25, -0.2) is 0 Å². The molecule has 0 spiro atoms. The van der Waals surface area contributed by atoms with Crippen LogP contribution in [0, 0.1) is 6.92 Å². The van der Waals surface area contributed by atoms with Crippen molar-refractivity contribution < 1.29 is 9.21 Å². The van der Waals surface area contributed by atoms with Crippen molar-refractivity contribution in [2.24, 2.45) is 0 Å². The van der Waals surface area contributed by atoms with E-state index in [0.717, 1.165) is 42.5 Å². The van der Waals surface area contributed by atoms with E-state index >= 15 is 0 Å². The standard InChI is InChI=1S/C14H15NO2/c1-10-5-4-6-11-9-12(17-13(10)11)14(16)15-7-2-3-8-15/h4-6,9H,2-3,7-8H2,1H3. The Labute approximate surface area is 100 Å². The smallest absolute Gasteiger partial charge is 0.289 e. The van der Waals surface area contributed by atoms with Crippen molar-refractivity contribution in [3.63, 3.8) is 0 Å². The zero-order valence-electron chi connectivity index (χ0n) is 9.90. The Balaban J connectivity index is 2.00. The minimum absolute atomic E-state index is 0.0260. The molecule has 1 aliphatic rings. The first-order valence-electron chi connectivity index (χ1n) is 6.04. The number of hydrogen-bond acceptors (Lipinski definition) is 2. The molecule has 3 heteroatoms. The lowest BCUT2D eigenvalue weighted by molar-refractivity contribution is 0.0763. The molecule has 0 unspecified atom stereocenters. The second kappa shape index (κ2) is 3.91. The highest BCUT2D eigenvalue weighted by atomic mass is 16.3. The van der Waals surface area contributed by atoms with Gasteiger partial charge >= 0.3 is 0 Å². The Morgan fingerprint density at radius 2 is 2.06 bits per heavy atom. The molecule has 1 aromatic heterocycles. The van der Waals surface area contributed by atoms with E-state index in [2.05, 4.69) is 0 Å². The third kappa shape index (κ3) is 1.71. The number of fused-ring (bicyclic) bond motifs is 1. The van der Waals surface area contributed by atoms with Gasteiger partial charge in [-0.2, -0.15) is 0 Å². The molecule has 88 valence electrons. The van der Waals surface area contributed by atoms with E-state index in [0.29, 0.717) is 5.76 Å². The molecule has 0 saturated carbocycles. The van der Waals surface area contributed by atoms with E-state index in [1.807, 2.05) is 36.1 Å². The second-order valence-electron chi connectivity index (χ2n) is 4.60. The summed E-state index contributed by atoms with van der Waals surface area (Å²) in [4.78, 5) is 14.0. The van der Waals surface area contributed by atoms with Crippen LogP contribution in [0.15, 0.2) is 28.7 Å². The second-order valence-corrected chi connectivity index (χ2v) is 4.60. The normalized spacial score (nSPS) is 15.7. The van der Waals surface area contributed by atoms with Crippen LogP contribution in [-0.4, -0.2) is 23.9 Å². The van der Waals surface area contributed by atoms with Crippen molar-refractivity contribution in [3.8, 4) is 0 Å². The van der Waals surface area contributed by atoms with Crippen LogP contribution in [0.1, 0.15) is 29.0 Å². The molecule has 0 bridgehead atoms. The van der Waals surface area contributed by atoms with Gasteiger partial charge in [0.1, 0.15) is 5.58 Å². The zero-order chi connectivity index (χ0) is 11.8. The number of carbonyl (C=O) groups is 1. The summed E-state index contributed by atoms with van der Waals surface area (Å²) in [7, 11) is 0. The molecule has 1 saturated heterocycles. The van der Waals surface area contributed by atoms with E-state index in [-0.39, 0.29) is 5.91 Å². The van der Waals surface area contributed by atoms with Crippen molar-refractivity contribution in [2.45, 2.75) is 19.8 Å². The molecule has 17 heavy (non-hydrogen) atoms. The number of nitrogens with zero attached hydrogens (tertiary/aromatic N) is 1. The van der Waals surface area contributed by atoms with E-state index in [9.17, 15) is 4.79 Å². The van der Waals surface area contributed by atoms with Gasteiger partial charge in [0, 0.05) is 18.5 Å². The predicted molar refractivity (Wildman–Crippen MR) is 66.1 cm³/mol. The van der Waals surface area contributed by atoms with Gasteiger partial charge in [0.05, 0.1) is 0 Å². The van der Waals surface area contributed by atoms with Gasteiger partial charge in [-0.15, -0.1) is 0 Å². The number of para-hydroxylation sites is 1. The number of carbonyl (C=O) groups excluding carboxylic acids is 1. The largest absolute Gasteiger partial charge is 0.451 e. The number of hydrogen-bond donors (Lipinski definition) is 0. The van der Waals surface area contributed by atoms with E-state index in [1.165, 1.54) is 0 Å². The maximum atomic E-state index is 12.2. The monoisotopic (exact) mass is 229 g/mol. The van der Waals surface area contributed by atoms with Crippen molar-refractivity contribution in [2.75, 3.05) is 13.1 Å². The number of aryl methyl sites for hydroxylation is 1. The van der Waals surface area contributed by atoms with E-state index in [4.69, 9.17) is 4.42 Å². The van der Waals surface area contributed by atoms with Crippen molar-refractivity contribution in [1.29, 1.82) is 0 Å². The maximum Gasteiger partial charge on any atom is 0.289 e. The molecule has 1 amide bonds. The lowest BCUT2D eigenvalue weighted by atomic mass is 10.2. The van der Waals surface area contributed by atoms with Crippen LogP contribution < -0.4 is 0 Å². The average molecular weight is 229 g/mol. The summed E-state index contributed by atoms with van der Waals surface area (Å²) in [6.45, 7) is 3.71. The topological polar surface area (TPSA) is 33.5 Å². The molecule has 2 heterocycles. The number of furan rings is 1. The summed E-state index contributed by atoms with van der Waals surface area (Å²) >= 11 is 0. The van der Waals surface area contributed by atoms with Crippen molar-refractivity contribution in [3.05, 3.63) is 35.6 Å². The Kier molecular flexibility index (Phi) is 2.39. The fraction of sp³-hybridized carbons (Fsp3) is 0.357. The van der Waals surface area contributed by atoms with Crippen LogP contribution >= 0.6 is 0 Å². The Morgan fingerprint density at radius 3 is 2.76 bits per heavy atom. The quantitative estimate of drug-likeness (QED) is 0.753. The molecular formula is C14H15NO2. The van der Waals surface area contributed by atoms with Gasteiger partial charge in [0.25, 0.3) is 5.91 Å². The SMILES string of the molecule is Cc1cccc2cc(C(=O)N3CCCC3)oc12. The zero-order valence-corrected chi connectivity index (χ0v) is 9.90. The minimum atomic E-state index is 0.0260. The fourth-order valence-corrected chi connectivity index (χ4v) is 2.39. The molecule has 1 aliphatic heterocycles. The first-order valence-corrected chi connectivity index (χ1v) is 6.04. The first-order chi connectivity index (χ1) is 8.25.